The van der Waals surface area contributed by atoms with Gasteiger partial charge in [-0.1, -0.05) is 0 Å². The molecule has 27 heavy (non-hydrogen) atoms. The minimum atomic E-state index is -0.884. The average molecular weight is 380 g/mol. The van der Waals surface area contributed by atoms with Crippen LogP contribution in [0, 0.1) is 5.92 Å². The molecule has 0 aromatic carbocycles. The average Bonchev–Trinajstić information content (AvgIpc) is 3.13. The molecule has 0 amide bonds. The number of nitrogen functional groups attached to an aromatic ring is 2. The molecule has 0 bridgehead atoms. The molecule has 0 radical (unpaired) electrons. The molecule has 4 atom stereocenters. The summed E-state index contributed by atoms with van der Waals surface area (Å²) >= 11 is 0. The lowest BCUT2D eigenvalue weighted by Crippen LogP contribution is -2.35. The van der Waals surface area contributed by atoms with Crippen LogP contribution in [0.15, 0.2) is 6.33 Å². The lowest BCUT2D eigenvalue weighted by Gasteiger charge is -2.23. The van der Waals surface area contributed by atoms with E-state index in [9.17, 15) is 14.7 Å². The van der Waals surface area contributed by atoms with E-state index in [1.807, 2.05) is 0 Å². The normalized spacial score (nSPS) is 24.9. The highest BCUT2D eigenvalue weighted by atomic mass is 16.6. The number of hydrogen-bond donors (Lipinski definition) is 3. The summed E-state index contributed by atoms with van der Waals surface area (Å²) in [5, 5.41) is 9.67. The van der Waals surface area contributed by atoms with Gasteiger partial charge in [-0.3, -0.25) is 14.2 Å². The van der Waals surface area contributed by atoms with Crippen LogP contribution in [0.5, 0.6) is 0 Å². The predicted octanol–water partition coefficient (Wildman–Crippen LogP) is -1.01. The summed E-state index contributed by atoms with van der Waals surface area (Å²) in [6.45, 7) is 2.04. The number of hydrogen-bond acceptors (Lipinski definition) is 11. The fraction of sp³-hybridized carbons (Fsp3) is 0.533. The van der Waals surface area contributed by atoms with Crippen molar-refractivity contribution in [2.24, 2.45) is 5.92 Å². The number of aliphatic hydroxyl groups is 1. The van der Waals surface area contributed by atoms with Crippen molar-refractivity contribution in [1.82, 2.24) is 19.5 Å². The molecule has 3 heterocycles. The zero-order valence-corrected chi connectivity index (χ0v) is 14.7. The monoisotopic (exact) mass is 380 g/mol. The van der Waals surface area contributed by atoms with Crippen molar-refractivity contribution >= 4 is 34.9 Å². The Morgan fingerprint density at radius 3 is 2.67 bits per heavy atom. The summed E-state index contributed by atoms with van der Waals surface area (Å²) in [4.78, 5) is 34.9. The number of imidazole rings is 1. The van der Waals surface area contributed by atoms with E-state index in [1.54, 1.807) is 0 Å². The van der Waals surface area contributed by atoms with E-state index in [2.05, 4.69) is 15.0 Å². The second-order valence-electron chi connectivity index (χ2n) is 6.08. The minimum absolute atomic E-state index is 0.0565. The molecule has 1 aliphatic heterocycles. The van der Waals surface area contributed by atoms with Crippen molar-refractivity contribution in [3.05, 3.63) is 6.33 Å². The first-order valence-corrected chi connectivity index (χ1v) is 8.14. The van der Waals surface area contributed by atoms with Gasteiger partial charge in [-0.15, -0.1) is 0 Å². The molecular weight excluding hydrogens is 360 g/mol. The molecule has 3 rings (SSSR count). The summed E-state index contributed by atoms with van der Waals surface area (Å²) < 4.78 is 17.8. The predicted molar refractivity (Wildman–Crippen MR) is 90.8 cm³/mol. The van der Waals surface area contributed by atoms with Crippen molar-refractivity contribution in [1.29, 1.82) is 0 Å². The Kier molecular flexibility index (Phi) is 5.10. The van der Waals surface area contributed by atoms with Crippen LogP contribution >= 0.6 is 0 Å². The maximum atomic E-state index is 11.6. The molecule has 146 valence electrons. The van der Waals surface area contributed by atoms with Gasteiger partial charge in [0.25, 0.3) is 0 Å². The van der Waals surface area contributed by atoms with Gasteiger partial charge in [0.05, 0.1) is 25.0 Å². The molecule has 1 fully saturated rings. The molecule has 4 unspecified atom stereocenters. The number of fused-ring (bicyclic) bond motifs is 1. The molecule has 1 aliphatic rings. The fourth-order valence-corrected chi connectivity index (χ4v) is 3.08. The first-order chi connectivity index (χ1) is 12.8. The van der Waals surface area contributed by atoms with E-state index in [4.69, 9.17) is 25.7 Å². The van der Waals surface area contributed by atoms with Crippen LogP contribution < -0.4 is 11.5 Å². The Morgan fingerprint density at radius 1 is 1.30 bits per heavy atom. The molecular formula is C15H20N6O6. The van der Waals surface area contributed by atoms with Gasteiger partial charge >= 0.3 is 11.9 Å². The number of esters is 2. The third-order valence-electron chi connectivity index (χ3n) is 4.20. The quantitative estimate of drug-likeness (QED) is 0.541. The standard InChI is InChI=1S/C15H20N6O6/c1-6(23)25-4-8-9(3-22)27-14(11(8)26-7(2)24)21-5-18-10-12(16)19-15(17)20-13(10)21/h5,8-9,11,14,22H,3-4H2,1-2H3,(H4,16,17,19,20). The van der Waals surface area contributed by atoms with Crippen molar-refractivity contribution in [2.75, 3.05) is 24.7 Å². The smallest absolute Gasteiger partial charge is 0.303 e. The zero-order chi connectivity index (χ0) is 19.7. The van der Waals surface area contributed by atoms with E-state index >= 15 is 0 Å². The van der Waals surface area contributed by atoms with E-state index in [0.29, 0.717) is 5.52 Å². The van der Waals surface area contributed by atoms with Gasteiger partial charge in [-0.25, -0.2) is 4.98 Å². The molecule has 0 saturated carbocycles. The van der Waals surface area contributed by atoms with E-state index in [1.165, 1.54) is 24.7 Å². The van der Waals surface area contributed by atoms with Crippen LogP contribution in [0.1, 0.15) is 20.1 Å². The van der Waals surface area contributed by atoms with Gasteiger partial charge in [0.2, 0.25) is 5.95 Å². The topological polar surface area (TPSA) is 178 Å². The first kappa shape index (κ1) is 18.8. The first-order valence-electron chi connectivity index (χ1n) is 8.14. The summed E-state index contributed by atoms with van der Waals surface area (Å²) in [5.74, 6) is -1.62. The Morgan fingerprint density at radius 2 is 2.04 bits per heavy atom. The summed E-state index contributed by atoms with van der Waals surface area (Å²) in [6, 6.07) is 0. The van der Waals surface area contributed by atoms with Crippen LogP contribution in [0.25, 0.3) is 11.2 Å². The van der Waals surface area contributed by atoms with E-state index in [0.717, 1.165) is 0 Å². The second-order valence-corrected chi connectivity index (χ2v) is 6.08. The minimum Gasteiger partial charge on any atom is -0.465 e. The van der Waals surface area contributed by atoms with Gasteiger partial charge in [0, 0.05) is 13.8 Å². The molecule has 0 aliphatic carbocycles. The highest BCUT2D eigenvalue weighted by molar-refractivity contribution is 5.82. The molecule has 1 saturated heterocycles. The molecule has 2 aromatic rings. The summed E-state index contributed by atoms with van der Waals surface area (Å²) in [5.41, 5.74) is 12.1. The molecule has 12 nitrogen and oxygen atoms in total. The van der Waals surface area contributed by atoms with Crippen LogP contribution in [-0.4, -0.2) is 62.0 Å². The van der Waals surface area contributed by atoms with Crippen molar-refractivity contribution in [3.63, 3.8) is 0 Å². The Bertz CT molecular complexity index is 870. The number of carbonyl (C=O) groups excluding carboxylic acids is 2. The maximum absolute atomic E-state index is 11.6. The summed E-state index contributed by atoms with van der Waals surface area (Å²) in [7, 11) is 0. The lowest BCUT2D eigenvalue weighted by atomic mass is 9.99. The number of rotatable bonds is 5. The third-order valence-corrected chi connectivity index (χ3v) is 4.20. The van der Waals surface area contributed by atoms with Crippen LogP contribution in [0.2, 0.25) is 0 Å². The van der Waals surface area contributed by atoms with Crippen LogP contribution in [0.3, 0.4) is 0 Å². The second kappa shape index (κ2) is 7.32. The number of carbonyl (C=O) groups is 2. The molecule has 5 N–H and O–H groups in total. The third kappa shape index (κ3) is 3.61. The number of aromatic nitrogens is 4. The molecule has 12 heteroatoms. The Balaban J connectivity index is 2.02. The van der Waals surface area contributed by atoms with Gasteiger partial charge in [0.1, 0.15) is 12.1 Å². The van der Waals surface area contributed by atoms with Gasteiger partial charge in [-0.2, -0.15) is 9.97 Å². The maximum Gasteiger partial charge on any atom is 0.303 e. The fourth-order valence-electron chi connectivity index (χ4n) is 3.08. The van der Waals surface area contributed by atoms with E-state index in [-0.39, 0.29) is 30.6 Å². The number of anilines is 2. The highest BCUT2D eigenvalue weighted by Gasteiger charge is 2.48. The van der Waals surface area contributed by atoms with Crippen molar-refractivity contribution < 1.29 is 28.9 Å². The van der Waals surface area contributed by atoms with Crippen LogP contribution in [-0.2, 0) is 23.8 Å². The van der Waals surface area contributed by atoms with Gasteiger partial charge in [-0.05, 0) is 0 Å². The largest absolute Gasteiger partial charge is 0.465 e. The van der Waals surface area contributed by atoms with Crippen LogP contribution in [0.4, 0.5) is 11.8 Å². The van der Waals surface area contributed by atoms with E-state index < -0.39 is 36.3 Å². The number of ether oxygens (including phenoxy) is 3. The Labute approximate surface area is 153 Å². The SMILES string of the molecule is CC(=O)OCC1C(CO)OC(n2cnc3c(N)nc(N)nc32)C1OC(C)=O. The Hall–Kier alpha value is -2.99. The van der Waals surface area contributed by atoms with Crippen molar-refractivity contribution in [3.8, 4) is 0 Å². The summed E-state index contributed by atoms with van der Waals surface area (Å²) in [6.07, 6.45) is -1.09. The number of nitrogens with zero attached hydrogens (tertiary/aromatic N) is 4. The van der Waals surface area contributed by atoms with Gasteiger partial charge < -0.3 is 30.8 Å². The highest BCUT2D eigenvalue weighted by Crippen LogP contribution is 2.38. The van der Waals surface area contributed by atoms with Crippen molar-refractivity contribution in [2.45, 2.75) is 32.3 Å². The zero-order valence-electron chi connectivity index (χ0n) is 14.7. The number of aliphatic hydroxyl groups excluding tert-OH is 1. The van der Waals surface area contributed by atoms with Gasteiger partial charge in [0.15, 0.2) is 23.8 Å². The number of nitrogens with two attached hydrogens (primary N) is 2. The lowest BCUT2D eigenvalue weighted by molar-refractivity contribution is -0.155. The molecule has 2 aromatic heterocycles. The molecule has 0 spiro atoms.